The number of hydrogen-bond acceptors (Lipinski definition) is 3. The lowest BCUT2D eigenvalue weighted by molar-refractivity contribution is 0.0970. The molecule has 0 N–H and O–H groups in total. The average Bonchev–Trinajstić information content (AvgIpc) is 2.62. The number of aldehydes is 1. The summed E-state index contributed by atoms with van der Waals surface area (Å²) in [6.07, 6.45) is 14.3. The zero-order chi connectivity index (χ0) is 17.3. The van der Waals surface area contributed by atoms with Crippen LogP contribution in [0.1, 0.15) is 81.5 Å². The molecule has 0 saturated heterocycles. The fraction of sp³-hybridized carbons (Fsp3) is 0.667. The lowest BCUT2D eigenvalue weighted by atomic mass is 10.1. The van der Waals surface area contributed by atoms with Crippen LogP contribution in [0.25, 0.3) is 0 Å². The molecule has 0 saturated carbocycles. The summed E-state index contributed by atoms with van der Waals surface area (Å²) in [7, 11) is 0. The third-order valence-electron chi connectivity index (χ3n) is 4.15. The maximum Gasteiger partial charge on any atom is 0.150 e. The molecule has 0 aliphatic rings. The van der Waals surface area contributed by atoms with E-state index in [2.05, 4.69) is 6.92 Å². The monoisotopic (exact) mass is 334 g/mol. The van der Waals surface area contributed by atoms with E-state index in [-0.39, 0.29) is 0 Å². The van der Waals surface area contributed by atoms with Crippen LogP contribution in [0.4, 0.5) is 0 Å². The molecular formula is C21H34O3. The Balaban J connectivity index is 1.81. The van der Waals surface area contributed by atoms with Gasteiger partial charge in [-0.2, -0.15) is 0 Å². The van der Waals surface area contributed by atoms with E-state index in [1.54, 1.807) is 12.1 Å². The van der Waals surface area contributed by atoms with Crippen LogP contribution in [0.5, 0.6) is 5.75 Å². The first-order valence-electron chi connectivity index (χ1n) is 9.62. The Labute approximate surface area is 147 Å². The van der Waals surface area contributed by atoms with E-state index >= 15 is 0 Å². The van der Waals surface area contributed by atoms with Gasteiger partial charge in [0.1, 0.15) is 18.6 Å². The van der Waals surface area contributed by atoms with Crippen LogP contribution >= 0.6 is 0 Å². The normalized spacial score (nSPS) is 10.7. The van der Waals surface area contributed by atoms with Gasteiger partial charge >= 0.3 is 0 Å². The van der Waals surface area contributed by atoms with Crippen LogP contribution in [0.2, 0.25) is 0 Å². The highest BCUT2D eigenvalue weighted by atomic mass is 16.5. The van der Waals surface area contributed by atoms with E-state index < -0.39 is 0 Å². The maximum absolute atomic E-state index is 10.6. The van der Waals surface area contributed by atoms with E-state index in [4.69, 9.17) is 9.47 Å². The van der Waals surface area contributed by atoms with Crippen LogP contribution in [0.3, 0.4) is 0 Å². The zero-order valence-electron chi connectivity index (χ0n) is 15.3. The lowest BCUT2D eigenvalue weighted by Gasteiger charge is -2.07. The molecule has 0 fully saturated rings. The molecule has 0 bridgehead atoms. The molecule has 0 radical (unpaired) electrons. The summed E-state index contributed by atoms with van der Waals surface area (Å²) < 4.78 is 11.2. The molecule has 0 aliphatic carbocycles. The minimum atomic E-state index is 0.554. The van der Waals surface area contributed by atoms with E-state index in [1.165, 1.54) is 57.8 Å². The number of ether oxygens (including phenoxy) is 2. The standard InChI is InChI=1S/C21H34O3/c1-2-3-4-5-6-7-8-9-10-11-16-23-17-18-24-21-14-12-20(19-22)13-15-21/h12-15,19H,2-11,16-18H2,1H3. The van der Waals surface area contributed by atoms with E-state index in [9.17, 15) is 4.79 Å². The molecule has 0 amide bonds. The maximum atomic E-state index is 10.6. The molecule has 0 aliphatic heterocycles. The lowest BCUT2D eigenvalue weighted by Crippen LogP contribution is -2.07. The average molecular weight is 334 g/mol. The molecule has 1 rings (SSSR count). The minimum Gasteiger partial charge on any atom is -0.491 e. The molecule has 0 aromatic heterocycles. The van der Waals surface area contributed by atoms with Gasteiger partial charge in [-0.25, -0.2) is 0 Å². The summed E-state index contributed by atoms with van der Waals surface area (Å²) in [5.74, 6) is 0.781. The van der Waals surface area contributed by atoms with Crippen molar-refractivity contribution in [3.05, 3.63) is 29.8 Å². The van der Waals surface area contributed by atoms with Crippen molar-refractivity contribution in [2.24, 2.45) is 0 Å². The third kappa shape index (κ3) is 11.2. The van der Waals surface area contributed by atoms with Crippen molar-refractivity contribution in [1.29, 1.82) is 0 Å². The van der Waals surface area contributed by atoms with Gasteiger partial charge in [-0.05, 0) is 30.7 Å². The quantitative estimate of drug-likeness (QED) is 0.282. The van der Waals surface area contributed by atoms with Gasteiger partial charge in [0.2, 0.25) is 0 Å². The second-order valence-corrected chi connectivity index (χ2v) is 6.33. The molecule has 0 atom stereocenters. The van der Waals surface area contributed by atoms with Crippen molar-refractivity contribution >= 4 is 6.29 Å². The largest absolute Gasteiger partial charge is 0.491 e. The number of hydrogen-bond donors (Lipinski definition) is 0. The number of unbranched alkanes of at least 4 members (excludes halogenated alkanes) is 9. The first-order chi connectivity index (χ1) is 11.9. The Bertz CT molecular complexity index is 400. The van der Waals surface area contributed by atoms with Crippen molar-refractivity contribution < 1.29 is 14.3 Å². The summed E-state index contributed by atoms with van der Waals surface area (Å²) in [6.45, 7) is 4.26. The number of rotatable bonds is 16. The Morgan fingerprint density at radius 1 is 0.750 bits per heavy atom. The smallest absolute Gasteiger partial charge is 0.150 e. The molecule has 1 aromatic rings. The number of carbonyl (C=O) groups excluding carboxylic acids is 1. The summed E-state index contributed by atoms with van der Waals surface area (Å²) in [5.41, 5.74) is 0.666. The molecule has 3 nitrogen and oxygen atoms in total. The number of carbonyl (C=O) groups is 1. The van der Waals surface area contributed by atoms with Gasteiger partial charge in [-0.1, -0.05) is 64.7 Å². The van der Waals surface area contributed by atoms with Crippen LogP contribution in [-0.2, 0) is 4.74 Å². The predicted octanol–water partition coefficient (Wildman–Crippen LogP) is 5.82. The molecule has 24 heavy (non-hydrogen) atoms. The molecule has 3 heteroatoms. The molecule has 136 valence electrons. The molecular weight excluding hydrogens is 300 g/mol. The fourth-order valence-electron chi connectivity index (χ4n) is 2.65. The Morgan fingerprint density at radius 2 is 1.33 bits per heavy atom. The van der Waals surface area contributed by atoms with Crippen molar-refractivity contribution in [2.45, 2.75) is 71.1 Å². The first kappa shape index (κ1) is 20.7. The Hall–Kier alpha value is -1.35. The Kier molecular flexibility index (Phi) is 13.1. The van der Waals surface area contributed by atoms with Crippen LogP contribution in [0.15, 0.2) is 24.3 Å². The molecule has 0 spiro atoms. The van der Waals surface area contributed by atoms with Crippen molar-refractivity contribution in [1.82, 2.24) is 0 Å². The topological polar surface area (TPSA) is 35.5 Å². The van der Waals surface area contributed by atoms with Crippen LogP contribution in [0, 0.1) is 0 Å². The van der Waals surface area contributed by atoms with Gasteiger partial charge in [0.05, 0.1) is 6.61 Å². The van der Waals surface area contributed by atoms with Crippen LogP contribution in [-0.4, -0.2) is 26.1 Å². The summed E-state index contributed by atoms with van der Waals surface area (Å²) in [4.78, 5) is 10.6. The SMILES string of the molecule is CCCCCCCCCCCCOCCOc1ccc(C=O)cc1. The highest BCUT2D eigenvalue weighted by molar-refractivity contribution is 5.74. The van der Waals surface area contributed by atoms with E-state index in [1.807, 2.05) is 12.1 Å². The fourth-order valence-corrected chi connectivity index (χ4v) is 2.65. The van der Waals surface area contributed by atoms with Gasteiger partial charge in [0.15, 0.2) is 0 Å². The predicted molar refractivity (Wildman–Crippen MR) is 100.0 cm³/mol. The summed E-state index contributed by atoms with van der Waals surface area (Å²) in [5, 5.41) is 0. The third-order valence-corrected chi connectivity index (χ3v) is 4.15. The first-order valence-corrected chi connectivity index (χ1v) is 9.62. The zero-order valence-corrected chi connectivity index (χ0v) is 15.3. The highest BCUT2D eigenvalue weighted by Crippen LogP contribution is 2.11. The van der Waals surface area contributed by atoms with E-state index in [0.717, 1.165) is 25.1 Å². The summed E-state index contributed by atoms with van der Waals surface area (Å²) >= 11 is 0. The summed E-state index contributed by atoms with van der Waals surface area (Å²) in [6, 6.07) is 7.14. The number of benzene rings is 1. The van der Waals surface area contributed by atoms with E-state index in [0.29, 0.717) is 18.8 Å². The molecule has 1 aromatic carbocycles. The van der Waals surface area contributed by atoms with Crippen molar-refractivity contribution in [2.75, 3.05) is 19.8 Å². The molecule has 0 unspecified atom stereocenters. The second-order valence-electron chi connectivity index (χ2n) is 6.33. The van der Waals surface area contributed by atoms with Crippen molar-refractivity contribution in [3.63, 3.8) is 0 Å². The second kappa shape index (κ2) is 15.2. The van der Waals surface area contributed by atoms with Gasteiger partial charge in [-0.15, -0.1) is 0 Å². The minimum absolute atomic E-state index is 0.554. The molecule has 0 heterocycles. The van der Waals surface area contributed by atoms with Gasteiger partial charge < -0.3 is 9.47 Å². The Morgan fingerprint density at radius 3 is 1.92 bits per heavy atom. The van der Waals surface area contributed by atoms with Gasteiger partial charge in [-0.3, -0.25) is 4.79 Å². The van der Waals surface area contributed by atoms with Gasteiger partial charge in [0.25, 0.3) is 0 Å². The van der Waals surface area contributed by atoms with Crippen molar-refractivity contribution in [3.8, 4) is 5.75 Å². The van der Waals surface area contributed by atoms with Crippen LogP contribution < -0.4 is 4.74 Å². The van der Waals surface area contributed by atoms with Gasteiger partial charge in [0, 0.05) is 12.2 Å². The highest BCUT2D eigenvalue weighted by Gasteiger charge is 1.96.